The minimum atomic E-state index is -5.02. The number of carbonyl (C=O) groups is 2. The summed E-state index contributed by atoms with van der Waals surface area (Å²) >= 11 is 0. The van der Waals surface area contributed by atoms with Crippen LogP contribution in [0.1, 0.15) is 66.1 Å². The van der Waals surface area contributed by atoms with Gasteiger partial charge in [0.1, 0.15) is 5.82 Å². The first-order valence-corrected chi connectivity index (χ1v) is 14.3. The third-order valence-electron chi connectivity index (χ3n) is 9.59. The zero-order valence-corrected chi connectivity index (χ0v) is 24.8. The molecule has 2 atom stereocenters. The molecular weight excluding hydrogens is 595 g/mol. The molecule has 3 saturated carbocycles. The number of aryl methyl sites for hydroxylation is 1. The molecule has 0 radical (unpaired) electrons. The molecule has 0 aromatic heterocycles. The number of hydrogen-bond donors (Lipinski definition) is 0. The van der Waals surface area contributed by atoms with Gasteiger partial charge in [0.25, 0.3) is 0 Å². The Balaban J connectivity index is 1.39. The van der Waals surface area contributed by atoms with E-state index in [1.165, 1.54) is 33.2 Å². The van der Waals surface area contributed by atoms with Crippen LogP contribution in [-0.4, -0.2) is 67.0 Å². The molecule has 2 bridgehead atoms. The lowest BCUT2D eigenvalue weighted by Crippen LogP contribution is -2.69. The zero-order valence-electron chi connectivity index (χ0n) is 24.8. The second kappa shape index (κ2) is 10.9. The molecule has 1 saturated heterocycles. The second-order valence-corrected chi connectivity index (χ2v) is 12.7. The number of methoxy groups -OCH3 is 1. The van der Waals surface area contributed by atoms with Gasteiger partial charge in [0.15, 0.2) is 0 Å². The van der Waals surface area contributed by atoms with E-state index >= 15 is 0 Å². The number of amides is 2. The molecule has 240 valence electrons. The number of halogens is 7. The Labute approximate surface area is 250 Å². The van der Waals surface area contributed by atoms with E-state index in [2.05, 4.69) is 4.90 Å². The van der Waals surface area contributed by atoms with Gasteiger partial charge in [-0.3, -0.25) is 9.69 Å². The number of alkyl halides is 6. The van der Waals surface area contributed by atoms with E-state index in [0.717, 1.165) is 24.2 Å². The number of piperazine rings is 1. The molecule has 3 aliphatic carbocycles. The van der Waals surface area contributed by atoms with E-state index < -0.39 is 52.8 Å². The maximum Gasteiger partial charge on any atom is 0.416 e. The van der Waals surface area contributed by atoms with Gasteiger partial charge in [-0.15, -0.1) is 0 Å². The fraction of sp³-hybridized carbons (Fsp3) is 0.548. The Kier molecular flexibility index (Phi) is 7.96. The number of urea groups is 1. The smallest absolute Gasteiger partial charge is 0.416 e. The van der Waals surface area contributed by atoms with Gasteiger partial charge < -0.3 is 14.5 Å². The fourth-order valence-corrected chi connectivity index (χ4v) is 7.38. The first-order valence-electron chi connectivity index (χ1n) is 14.3. The Hall–Kier alpha value is -3.35. The van der Waals surface area contributed by atoms with Crippen LogP contribution in [0.5, 0.6) is 0 Å². The molecule has 13 heteroatoms. The summed E-state index contributed by atoms with van der Waals surface area (Å²) in [6, 6.07) is 3.30. The van der Waals surface area contributed by atoms with Gasteiger partial charge in [-0.05, 0) is 85.5 Å². The number of nitrogens with zero attached hydrogens (tertiary/aromatic N) is 3. The molecular formula is C31H34F7N3O3. The average molecular weight is 630 g/mol. The van der Waals surface area contributed by atoms with Crippen LogP contribution in [0, 0.1) is 23.6 Å². The molecule has 44 heavy (non-hydrogen) atoms. The first-order chi connectivity index (χ1) is 20.4. The van der Waals surface area contributed by atoms with Gasteiger partial charge in [0.05, 0.1) is 35.7 Å². The fourth-order valence-electron chi connectivity index (χ4n) is 7.38. The highest BCUT2D eigenvalue weighted by Gasteiger charge is 2.72. The van der Waals surface area contributed by atoms with Crippen molar-refractivity contribution in [3.63, 3.8) is 0 Å². The van der Waals surface area contributed by atoms with Crippen LogP contribution < -0.4 is 0 Å². The number of ether oxygens (including phenoxy) is 1. The van der Waals surface area contributed by atoms with E-state index in [9.17, 15) is 40.3 Å². The maximum absolute atomic E-state index is 14.0. The van der Waals surface area contributed by atoms with Crippen LogP contribution in [0.3, 0.4) is 0 Å². The highest BCUT2D eigenvalue weighted by Crippen LogP contribution is 2.73. The molecule has 2 aromatic rings. The molecule has 2 aromatic carbocycles. The molecule has 0 unspecified atom stereocenters. The summed E-state index contributed by atoms with van der Waals surface area (Å²) in [7, 11) is 2.72. The van der Waals surface area contributed by atoms with Gasteiger partial charge >= 0.3 is 24.4 Å². The zero-order chi connectivity index (χ0) is 32.4. The summed E-state index contributed by atoms with van der Waals surface area (Å²) in [5.41, 5.74) is -2.35. The number of esters is 1. The van der Waals surface area contributed by atoms with Crippen molar-refractivity contribution in [2.75, 3.05) is 40.3 Å². The minimum Gasteiger partial charge on any atom is -0.469 e. The van der Waals surface area contributed by atoms with Crippen molar-refractivity contribution < 1.29 is 45.1 Å². The standard InChI is InChI=1S/C31H34F7N3O3/c1-18-9-23(32)5-6-24(18)25-13-40(17-28-14-29(15-28,16-28)26(42)44-4)7-8-41(25)27(43)39(3)19(2)20-10-21(30(33,34)35)12-22(11-20)31(36,37)38/h5-6,9-12,19,25H,7-8,13-17H2,1-4H3/t19-,25-,28?,29?/m1/s1. The van der Waals surface area contributed by atoms with Crippen molar-refractivity contribution in [2.45, 2.75) is 57.5 Å². The monoisotopic (exact) mass is 629 g/mol. The minimum absolute atomic E-state index is 0.0201. The highest BCUT2D eigenvalue weighted by molar-refractivity contribution is 5.81. The lowest BCUT2D eigenvalue weighted by atomic mass is 9.35. The van der Waals surface area contributed by atoms with Crippen molar-refractivity contribution in [3.05, 3.63) is 70.0 Å². The SMILES string of the molecule is COC(=O)C12CC(CN3CCN(C(=O)N(C)[C@H](C)c4cc(C(F)(F)F)cc(C(F)(F)F)c4)[C@@H](c4ccc(F)cc4C)C3)(C1)C2. The van der Waals surface area contributed by atoms with Gasteiger partial charge in [-0.25, -0.2) is 9.18 Å². The first kappa shape index (κ1) is 32.1. The normalized spacial score (nSPS) is 26.0. The van der Waals surface area contributed by atoms with Crippen LogP contribution in [0.2, 0.25) is 0 Å². The Morgan fingerprint density at radius 3 is 2.11 bits per heavy atom. The van der Waals surface area contributed by atoms with E-state index in [0.29, 0.717) is 42.9 Å². The molecule has 4 aliphatic rings. The summed E-state index contributed by atoms with van der Waals surface area (Å²) in [5.74, 6) is -0.649. The largest absolute Gasteiger partial charge is 0.469 e. The van der Waals surface area contributed by atoms with Crippen molar-refractivity contribution in [3.8, 4) is 0 Å². The molecule has 0 N–H and O–H groups in total. The van der Waals surface area contributed by atoms with Gasteiger partial charge in [0, 0.05) is 33.2 Å². The maximum atomic E-state index is 14.0. The van der Waals surface area contributed by atoms with Crippen LogP contribution in [0.25, 0.3) is 0 Å². The topological polar surface area (TPSA) is 53.1 Å². The van der Waals surface area contributed by atoms with E-state index in [-0.39, 0.29) is 29.6 Å². The van der Waals surface area contributed by atoms with Crippen LogP contribution >= 0.6 is 0 Å². The van der Waals surface area contributed by atoms with E-state index in [4.69, 9.17) is 4.74 Å². The van der Waals surface area contributed by atoms with Crippen molar-refractivity contribution in [1.29, 1.82) is 0 Å². The molecule has 0 spiro atoms. The van der Waals surface area contributed by atoms with Crippen LogP contribution in [-0.2, 0) is 21.9 Å². The Morgan fingerprint density at radius 2 is 1.59 bits per heavy atom. The number of rotatable bonds is 6. The van der Waals surface area contributed by atoms with E-state index in [1.807, 2.05) is 0 Å². The summed E-state index contributed by atoms with van der Waals surface area (Å²) in [5, 5.41) is 0. The molecule has 1 heterocycles. The predicted octanol–water partition coefficient (Wildman–Crippen LogP) is 6.99. The predicted molar refractivity (Wildman–Crippen MR) is 146 cm³/mol. The summed E-state index contributed by atoms with van der Waals surface area (Å²) in [6.45, 7) is 4.87. The average Bonchev–Trinajstić information content (AvgIpc) is 2.91. The number of carbonyl (C=O) groups excluding carboxylic acids is 2. The Morgan fingerprint density at radius 1 is 1.00 bits per heavy atom. The lowest BCUT2D eigenvalue weighted by Gasteiger charge is -2.69. The Bertz CT molecular complexity index is 1410. The van der Waals surface area contributed by atoms with Gasteiger partial charge in [-0.2, -0.15) is 26.3 Å². The third kappa shape index (κ3) is 5.75. The van der Waals surface area contributed by atoms with Crippen molar-refractivity contribution >= 4 is 12.0 Å². The summed E-state index contributed by atoms with van der Waals surface area (Å²) in [4.78, 5) is 30.9. The van der Waals surface area contributed by atoms with Gasteiger partial charge in [-0.1, -0.05) is 6.07 Å². The number of hydrogen-bond acceptors (Lipinski definition) is 4. The van der Waals surface area contributed by atoms with Gasteiger partial charge in [0.2, 0.25) is 0 Å². The van der Waals surface area contributed by atoms with E-state index in [1.54, 1.807) is 17.9 Å². The quantitative estimate of drug-likeness (QED) is 0.256. The highest BCUT2D eigenvalue weighted by atomic mass is 19.4. The number of benzene rings is 2. The second-order valence-electron chi connectivity index (χ2n) is 12.7. The van der Waals surface area contributed by atoms with Crippen molar-refractivity contribution in [1.82, 2.24) is 14.7 Å². The summed E-state index contributed by atoms with van der Waals surface area (Å²) in [6.07, 6.45) is -7.86. The van der Waals surface area contributed by atoms with Crippen molar-refractivity contribution in [2.24, 2.45) is 10.8 Å². The van der Waals surface area contributed by atoms with Crippen LogP contribution in [0.4, 0.5) is 35.5 Å². The molecule has 6 rings (SSSR count). The third-order valence-corrected chi connectivity index (χ3v) is 9.59. The molecule has 1 aliphatic heterocycles. The van der Waals surface area contributed by atoms with Crippen LogP contribution in [0.15, 0.2) is 36.4 Å². The molecule has 4 fully saturated rings. The lowest BCUT2D eigenvalue weighted by molar-refractivity contribution is -0.231. The molecule has 6 nitrogen and oxygen atoms in total. The summed E-state index contributed by atoms with van der Waals surface area (Å²) < 4.78 is 100. The molecule has 2 amide bonds.